The van der Waals surface area contributed by atoms with Gasteiger partial charge in [0.05, 0.1) is 24.5 Å². The third-order valence-corrected chi connectivity index (χ3v) is 5.67. The van der Waals surface area contributed by atoms with Crippen LogP contribution in [0.25, 0.3) is 11.6 Å². The first-order valence-corrected chi connectivity index (χ1v) is 10.6. The van der Waals surface area contributed by atoms with E-state index in [0.29, 0.717) is 40.5 Å². The fourth-order valence-electron chi connectivity index (χ4n) is 2.84. The molecule has 30 heavy (non-hydrogen) atoms. The molecule has 7 nitrogen and oxygen atoms in total. The zero-order chi connectivity index (χ0) is 21.5. The van der Waals surface area contributed by atoms with E-state index in [4.69, 9.17) is 21.3 Å². The molecular formula is C21H20ClN5O2S. The number of nitriles is 1. The number of carbonyl (C=O) groups is 1. The van der Waals surface area contributed by atoms with Crippen LogP contribution in [0, 0.1) is 18.3 Å². The predicted octanol–water partition coefficient (Wildman–Crippen LogP) is 4.72. The Morgan fingerprint density at radius 1 is 1.43 bits per heavy atom. The van der Waals surface area contributed by atoms with Crippen molar-refractivity contribution < 1.29 is 9.21 Å². The van der Waals surface area contributed by atoms with Crippen LogP contribution in [0.15, 0.2) is 58.8 Å². The third-order valence-electron chi connectivity index (χ3n) is 4.30. The number of aromatic nitrogens is 3. The summed E-state index contributed by atoms with van der Waals surface area (Å²) in [5.74, 6) is 1.17. The Bertz CT molecular complexity index is 1070. The van der Waals surface area contributed by atoms with Crippen molar-refractivity contribution in [3.8, 4) is 17.7 Å². The average molecular weight is 442 g/mol. The van der Waals surface area contributed by atoms with E-state index in [2.05, 4.69) is 22.8 Å². The molecule has 0 saturated carbocycles. The topological polar surface area (TPSA) is 88.0 Å². The largest absolute Gasteiger partial charge is 0.461 e. The van der Waals surface area contributed by atoms with Gasteiger partial charge < -0.3 is 9.32 Å². The van der Waals surface area contributed by atoms with E-state index >= 15 is 0 Å². The van der Waals surface area contributed by atoms with Gasteiger partial charge in [-0.15, -0.1) is 16.8 Å². The Kier molecular flexibility index (Phi) is 7.33. The molecule has 0 saturated heterocycles. The quantitative estimate of drug-likeness (QED) is 0.352. The standard InChI is InChI=1S/C21H20ClN5O2S/c1-3-10-27-20(18-6-4-12-29-18)24-25-21(27)30-14-19(28)26(11-5-9-23)16-7-8-17(22)15(2)13-16/h3-4,6-8,12-13H,1,5,10-11,14H2,2H3. The van der Waals surface area contributed by atoms with Crippen LogP contribution in [-0.2, 0) is 11.3 Å². The second kappa shape index (κ2) is 10.1. The number of thioether (sulfide) groups is 1. The van der Waals surface area contributed by atoms with Gasteiger partial charge in [0.1, 0.15) is 0 Å². The summed E-state index contributed by atoms with van der Waals surface area (Å²) in [6.45, 7) is 6.43. The van der Waals surface area contributed by atoms with Crippen LogP contribution in [-0.4, -0.2) is 33.0 Å². The van der Waals surface area contributed by atoms with Gasteiger partial charge in [0.15, 0.2) is 10.9 Å². The van der Waals surface area contributed by atoms with Gasteiger partial charge in [0.25, 0.3) is 0 Å². The number of furan rings is 1. The number of hydrogen-bond acceptors (Lipinski definition) is 6. The maximum atomic E-state index is 13.0. The van der Waals surface area contributed by atoms with E-state index < -0.39 is 0 Å². The molecule has 0 unspecified atom stereocenters. The molecule has 0 spiro atoms. The molecule has 9 heteroatoms. The van der Waals surface area contributed by atoms with Gasteiger partial charge in [-0.3, -0.25) is 9.36 Å². The molecular weight excluding hydrogens is 422 g/mol. The molecule has 154 valence electrons. The Morgan fingerprint density at radius 3 is 2.93 bits per heavy atom. The van der Waals surface area contributed by atoms with Crippen molar-refractivity contribution in [1.29, 1.82) is 5.26 Å². The molecule has 3 rings (SSSR count). The van der Waals surface area contributed by atoms with Gasteiger partial charge in [-0.2, -0.15) is 5.26 Å². The molecule has 0 radical (unpaired) electrons. The van der Waals surface area contributed by atoms with Crippen LogP contribution in [0.2, 0.25) is 5.02 Å². The van der Waals surface area contributed by atoms with E-state index in [-0.39, 0.29) is 18.1 Å². The minimum Gasteiger partial charge on any atom is -0.461 e. The van der Waals surface area contributed by atoms with Crippen molar-refractivity contribution in [3.05, 3.63) is 59.8 Å². The number of anilines is 1. The Hall–Kier alpha value is -3.02. The first kappa shape index (κ1) is 21.7. The monoisotopic (exact) mass is 441 g/mol. The van der Waals surface area contributed by atoms with Crippen molar-refractivity contribution in [2.24, 2.45) is 0 Å². The van der Waals surface area contributed by atoms with Crippen LogP contribution in [0.5, 0.6) is 0 Å². The average Bonchev–Trinajstić information content (AvgIpc) is 3.39. The fraction of sp³-hybridized carbons (Fsp3) is 0.238. The number of amides is 1. The third kappa shape index (κ3) is 4.93. The van der Waals surface area contributed by atoms with Crippen LogP contribution in [0.1, 0.15) is 12.0 Å². The summed E-state index contributed by atoms with van der Waals surface area (Å²) in [5.41, 5.74) is 1.58. The molecule has 0 aliphatic carbocycles. The van der Waals surface area contributed by atoms with Crippen molar-refractivity contribution >= 4 is 35.0 Å². The normalized spacial score (nSPS) is 10.6. The number of aryl methyl sites for hydroxylation is 1. The predicted molar refractivity (Wildman–Crippen MR) is 117 cm³/mol. The van der Waals surface area contributed by atoms with Crippen molar-refractivity contribution in [3.63, 3.8) is 0 Å². The van der Waals surface area contributed by atoms with E-state index in [1.165, 1.54) is 11.8 Å². The van der Waals surface area contributed by atoms with Crippen LogP contribution < -0.4 is 4.90 Å². The van der Waals surface area contributed by atoms with Crippen LogP contribution in [0.3, 0.4) is 0 Å². The second-order valence-corrected chi connectivity index (χ2v) is 7.71. The fourth-order valence-corrected chi connectivity index (χ4v) is 3.78. The highest BCUT2D eigenvalue weighted by Crippen LogP contribution is 2.27. The SMILES string of the molecule is C=CCn1c(SCC(=O)N(CCC#N)c2ccc(Cl)c(C)c2)nnc1-c1ccco1. The summed E-state index contributed by atoms with van der Waals surface area (Å²) in [6.07, 6.45) is 3.53. The van der Waals surface area contributed by atoms with Crippen LogP contribution >= 0.6 is 23.4 Å². The lowest BCUT2D eigenvalue weighted by Gasteiger charge is -2.22. The van der Waals surface area contributed by atoms with E-state index in [0.717, 1.165) is 5.56 Å². The Labute approximate surface area is 184 Å². The molecule has 3 aromatic rings. The first-order chi connectivity index (χ1) is 14.5. The summed E-state index contributed by atoms with van der Waals surface area (Å²) < 4.78 is 7.27. The lowest BCUT2D eigenvalue weighted by atomic mass is 10.2. The molecule has 0 aliphatic heterocycles. The molecule has 1 aromatic carbocycles. The highest BCUT2D eigenvalue weighted by molar-refractivity contribution is 7.99. The highest BCUT2D eigenvalue weighted by atomic mass is 35.5. The molecule has 0 bridgehead atoms. The summed E-state index contributed by atoms with van der Waals surface area (Å²) in [4.78, 5) is 14.6. The van der Waals surface area contributed by atoms with E-state index in [1.807, 2.05) is 17.6 Å². The molecule has 2 heterocycles. The first-order valence-electron chi connectivity index (χ1n) is 9.19. The summed E-state index contributed by atoms with van der Waals surface area (Å²) in [5, 5.41) is 18.6. The maximum Gasteiger partial charge on any atom is 0.237 e. The van der Waals surface area contributed by atoms with E-state index in [9.17, 15) is 4.79 Å². The number of hydrogen-bond donors (Lipinski definition) is 0. The lowest BCUT2D eigenvalue weighted by molar-refractivity contribution is -0.116. The van der Waals surface area contributed by atoms with Gasteiger partial charge >= 0.3 is 0 Å². The van der Waals surface area contributed by atoms with Crippen LogP contribution in [0.4, 0.5) is 5.69 Å². The highest BCUT2D eigenvalue weighted by Gasteiger charge is 2.20. The zero-order valence-corrected chi connectivity index (χ0v) is 18.0. The molecule has 0 atom stereocenters. The second-order valence-electron chi connectivity index (χ2n) is 6.36. The minimum atomic E-state index is -0.135. The number of allylic oxidation sites excluding steroid dienone is 1. The molecule has 0 N–H and O–H groups in total. The number of benzene rings is 1. The van der Waals surface area contributed by atoms with Gasteiger partial charge in [-0.05, 0) is 42.8 Å². The van der Waals surface area contributed by atoms with Crippen molar-refractivity contribution in [2.45, 2.75) is 25.0 Å². The summed E-state index contributed by atoms with van der Waals surface area (Å²) >= 11 is 7.39. The zero-order valence-electron chi connectivity index (χ0n) is 16.4. The Balaban J connectivity index is 1.79. The van der Waals surface area contributed by atoms with Gasteiger partial charge in [0, 0.05) is 23.8 Å². The van der Waals surface area contributed by atoms with Gasteiger partial charge in [-0.25, -0.2) is 0 Å². The Morgan fingerprint density at radius 2 is 2.27 bits per heavy atom. The number of rotatable bonds is 9. The molecule has 0 aliphatic rings. The maximum absolute atomic E-state index is 13.0. The summed E-state index contributed by atoms with van der Waals surface area (Å²) in [7, 11) is 0. The van der Waals surface area contributed by atoms with Crippen molar-refractivity contribution in [1.82, 2.24) is 14.8 Å². The number of carbonyl (C=O) groups excluding carboxylic acids is 1. The number of nitrogens with zero attached hydrogens (tertiary/aromatic N) is 5. The van der Waals surface area contributed by atoms with E-state index in [1.54, 1.807) is 41.5 Å². The minimum absolute atomic E-state index is 0.135. The van der Waals surface area contributed by atoms with Crippen molar-refractivity contribution in [2.75, 3.05) is 17.2 Å². The van der Waals surface area contributed by atoms with Gasteiger partial charge in [-0.1, -0.05) is 29.4 Å². The molecule has 2 aromatic heterocycles. The lowest BCUT2D eigenvalue weighted by Crippen LogP contribution is -2.33. The molecule has 0 fully saturated rings. The molecule has 1 amide bonds. The number of halogens is 1. The summed E-state index contributed by atoms with van der Waals surface area (Å²) in [6, 6.07) is 11.1. The van der Waals surface area contributed by atoms with Gasteiger partial charge in [0.2, 0.25) is 11.7 Å². The smallest absolute Gasteiger partial charge is 0.237 e.